The maximum Gasteiger partial charge on any atom is 0.433 e. The molecule has 33 heavy (non-hydrogen) atoms. The molecule has 3 heterocycles. The average molecular weight is 502 g/mol. The van der Waals surface area contributed by atoms with Crippen molar-refractivity contribution in [3.05, 3.63) is 35.8 Å². The van der Waals surface area contributed by atoms with Crippen molar-refractivity contribution in [2.45, 2.75) is 31.8 Å². The summed E-state index contributed by atoms with van der Waals surface area (Å²) in [5.41, 5.74) is -0.902. The topological polar surface area (TPSA) is 107 Å². The lowest BCUT2D eigenvalue weighted by molar-refractivity contribution is -0.141. The Hall–Kier alpha value is -2.67. The van der Waals surface area contributed by atoms with Crippen molar-refractivity contribution in [1.82, 2.24) is 19.5 Å². The van der Waals surface area contributed by atoms with E-state index >= 15 is 0 Å². The molecule has 0 atom stereocenters. The fourth-order valence-electron chi connectivity index (χ4n) is 3.08. The number of carbonyl (C=O) groups is 1. The molecule has 0 fully saturated rings. The van der Waals surface area contributed by atoms with E-state index in [9.17, 15) is 26.4 Å². The standard InChI is InChI=1S/C20H22F3N5O3S2/c1-5-32(6-2)27-19(29)12-8-15(33(30,31)7-3)17(25-10-12)18-26-13-9-16(20(21,22)23)24-11-14(13)28(18)4/h8-11H,5-7H2,1-4H3. The Morgan fingerprint density at radius 2 is 1.79 bits per heavy atom. The van der Waals surface area contributed by atoms with Gasteiger partial charge in [0.05, 0.1) is 33.4 Å². The molecule has 0 aliphatic carbocycles. The maximum atomic E-state index is 13.0. The lowest BCUT2D eigenvalue weighted by Gasteiger charge is -2.10. The molecule has 0 radical (unpaired) electrons. The third-order valence-corrected chi connectivity index (χ3v) is 8.46. The first-order valence-electron chi connectivity index (χ1n) is 9.99. The normalized spacial score (nSPS) is 12.5. The number of fused-ring (bicyclic) bond motifs is 1. The van der Waals surface area contributed by atoms with Gasteiger partial charge in [0, 0.05) is 24.8 Å². The zero-order chi connectivity index (χ0) is 24.6. The van der Waals surface area contributed by atoms with Crippen molar-refractivity contribution >= 4 is 37.5 Å². The van der Waals surface area contributed by atoms with E-state index in [1.54, 1.807) is 0 Å². The number of aryl methyl sites for hydroxylation is 1. The van der Waals surface area contributed by atoms with E-state index in [0.717, 1.165) is 12.3 Å². The molecule has 8 nitrogen and oxygen atoms in total. The molecule has 0 bridgehead atoms. The number of pyridine rings is 2. The van der Waals surface area contributed by atoms with E-state index in [4.69, 9.17) is 0 Å². The fourth-order valence-corrected chi connectivity index (χ4v) is 5.14. The van der Waals surface area contributed by atoms with E-state index in [2.05, 4.69) is 19.3 Å². The van der Waals surface area contributed by atoms with Gasteiger partial charge in [-0.3, -0.25) is 9.78 Å². The third kappa shape index (κ3) is 4.98. The van der Waals surface area contributed by atoms with Gasteiger partial charge in [-0.1, -0.05) is 31.5 Å². The number of hydrogen-bond donors (Lipinski definition) is 0. The molecule has 0 unspecified atom stereocenters. The highest BCUT2D eigenvalue weighted by molar-refractivity contribution is 7.91. The second kappa shape index (κ2) is 9.29. The minimum absolute atomic E-state index is 0.0124. The molecule has 3 aromatic heterocycles. The number of halogens is 3. The predicted molar refractivity (Wildman–Crippen MR) is 120 cm³/mol. The molecule has 0 saturated heterocycles. The van der Waals surface area contributed by atoms with Crippen LogP contribution in [-0.2, 0) is 33.8 Å². The van der Waals surface area contributed by atoms with Crippen LogP contribution in [0.3, 0.4) is 0 Å². The quantitative estimate of drug-likeness (QED) is 0.508. The Labute approximate surface area is 191 Å². The molecule has 178 valence electrons. The molecular formula is C20H22F3N5O3S2. The van der Waals surface area contributed by atoms with Crippen LogP contribution in [0.15, 0.2) is 33.8 Å². The van der Waals surface area contributed by atoms with Crippen molar-refractivity contribution in [2.75, 3.05) is 17.3 Å². The number of carbonyl (C=O) groups excluding carboxylic acids is 1. The Balaban J connectivity index is 2.22. The molecule has 0 N–H and O–H groups in total. The average Bonchev–Trinajstić information content (AvgIpc) is 3.12. The summed E-state index contributed by atoms with van der Waals surface area (Å²) in [5.74, 6) is 0.561. The monoisotopic (exact) mass is 501 g/mol. The van der Waals surface area contributed by atoms with Gasteiger partial charge in [0.2, 0.25) is 0 Å². The molecular weight excluding hydrogens is 479 g/mol. The summed E-state index contributed by atoms with van der Waals surface area (Å²) in [5, 5.41) is 0. The van der Waals surface area contributed by atoms with E-state index in [1.165, 1.54) is 30.8 Å². The van der Waals surface area contributed by atoms with Crippen LogP contribution in [-0.4, -0.2) is 51.1 Å². The van der Waals surface area contributed by atoms with E-state index in [1.807, 2.05) is 13.8 Å². The summed E-state index contributed by atoms with van der Waals surface area (Å²) in [6.45, 7) is 5.25. The van der Waals surface area contributed by atoms with Crippen LogP contribution in [0, 0.1) is 0 Å². The molecule has 13 heteroatoms. The molecule has 3 aromatic rings. The van der Waals surface area contributed by atoms with E-state index in [0.29, 0.717) is 11.5 Å². The highest BCUT2D eigenvalue weighted by Gasteiger charge is 2.33. The first kappa shape index (κ1) is 25.0. The Bertz CT molecular complexity index is 1360. The van der Waals surface area contributed by atoms with Gasteiger partial charge in [0.1, 0.15) is 11.4 Å². The molecule has 0 aliphatic rings. The van der Waals surface area contributed by atoms with Crippen LogP contribution in [0.1, 0.15) is 36.8 Å². The van der Waals surface area contributed by atoms with Crippen molar-refractivity contribution in [2.24, 2.45) is 11.4 Å². The number of alkyl halides is 3. The summed E-state index contributed by atoms with van der Waals surface area (Å²) in [7, 11) is -2.82. The molecule has 1 amide bonds. The number of amides is 1. The summed E-state index contributed by atoms with van der Waals surface area (Å²) < 4.78 is 70.4. The summed E-state index contributed by atoms with van der Waals surface area (Å²) in [6, 6.07) is 2.00. The maximum absolute atomic E-state index is 13.0. The number of imidazole rings is 1. The zero-order valence-corrected chi connectivity index (χ0v) is 20.0. The van der Waals surface area contributed by atoms with E-state index in [-0.39, 0.29) is 38.8 Å². The molecule has 0 aromatic carbocycles. The number of aromatic nitrogens is 4. The molecule has 0 aliphatic heterocycles. The van der Waals surface area contributed by atoms with Crippen molar-refractivity contribution in [1.29, 1.82) is 0 Å². The van der Waals surface area contributed by atoms with Crippen LogP contribution in [0.25, 0.3) is 22.6 Å². The summed E-state index contributed by atoms with van der Waals surface area (Å²) in [6.07, 6.45) is -2.42. The van der Waals surface area contributed by atoms with Gasteiger partial charge < -0.3 is 4.57 Å². The number of nitrogens with zero attached hydrogens (tertiary/aromatic N) is 5. The highest BCUT2D eigenvalue weighted by atomic mass is 32.2. The molecule has 0 spiro atoms. The fraction of sp³-hybridized carbons (Fsp3) is 0.400. The van der Waals surface area contributed by atoms with Gasteiger partial charge in [-0.25, -0.2) is 18.4 Å². The molecule has 0 saturated carbocycles. The Morgan fingerprint density at radius 1 is 1.12 bits per heavy atom. The van der Waals surface area contributed by atoms with Crippen LogP contribution in [0.4, 0.5) is 13.2 Å². The zero-order valence-electron chi connectivity index (χ0n) is 18.3. The first-order valence-corrected chi connectivity index (χ1v) is 13.2. The van der Waals surface area contributed by atoms with Gasteiger partial charge >= 0.3 is 6.18 Å². The first-order chi connectivity index (χ1) is 15.4. The minimum atomic E-state index is -4.65. The second-order valence-electron chi connectivity index (χ2n) is 6.96. The van der Waals surface area contributed by atoms with Crippen molar-refractivity contribution in [3.63, 3.8) is 0 Å². The Kier molecular flexibility index (Phi) is 7.03. The van der Waals surface area contributed by atoms with Crippen LogP contribution < -0.4 is 0 Å². The van der Waals surface area contributed by atoms with Gasteiger partial charge in [-0.05, 0) is 12.1 Å². The smallest absolute Gasteiger partial charge is 0.324 e. The largest absolute Gasteiger partial charge is 0.433 e. The van der Waals surface area contributed by atoms with Gasteiger partial charge in [0.25, 0.3) is 5.91 Å². The number of rotatable bonds is 6. The summed E-state index contributed by atoms with van der Waals surface area (Å²) in [4.78, 5) is 24.2. The number of hydrogen-bond acceptors (Lipinski definition) is 6. The van der Waals surface area contributed by atoms with Gasteiger partial charge in [0.15, 0.2) is 15.7 Å². The van der Waals surface area contributed by atoms with Crippen LogP contribution >= 0.6 is 0 Å². The minimum Gasteiger partial charge on any atom is -0.324 e. The predicted octanol–water partition coefficient (Wildman–Crippen LogP) is 3.82. The number of sulfone groups is 1. The highest BCUT2D eigenvalue weighted by Crippen LogP contribution is 2.32. The van der Waals surface area contributed by atoms with Crippen molar-refractivity contribution < 1.29 is 26.4 Å². The Morgan fingerprint density at radius 3 is 2.36 bits per heavy atom. The van der Waals surface area contributed by atoms with Crippen LogP contribution in [0.5, 0.6) is 0 Å². The van der Waals surface area contributed by atoms with Crippen molar-refractivity contribution in [3.8, 4) is 11.5 Å². The summed E-state index contributed by atoms with van der Waals surface area (Å²) >= 11 is 0. The van der Waals surface area contributed by atoms with Crippen LogP contribution in [0.2, 0.25) is 0 Å². The third-order valence-electron chi connectivity index (χ3n) is 4.96. The van der Waals surface area contributed by atoms with Gasteiger partial charge in [-0.15, -0.1) is 0 Å². The lowest BCUT2D eigenvalue weighted by atomic mass is 10.2. The molecule has 3 rings (SSSR count). The van der Waals surface area contributed by atoms with E-state index < -0.39 is 38.3 Å². The van der Waals surface area contributed by atoms with Gasteiger partial charge in [-0.2, -0.15) is 17.5 Å². The SMILES string of the molecule is CCS(CC)=NC(=O)c1cnc(-c2nc3cc(C(F)(F)F)ncc3n2C)c(S(=O)(=O)CC)c1. The second-order valence-corrected chi connectivity index (χ2v) is 11.5. The lowest BCUT2D eigenvalue weighted by Crippen LogP contribution is -2.11.